The fourth-order valence-corrected chi connectivity index (χ4v) is 2.39. The van der Waals surface area contributed by atoms with Crippen LogP contribution in [0.5, 0.6) is 0 Å². The number of rotatable bonds is 6. The lowest BCUT2D eigenvalue weighted by atomic mass is 10.1. The SMILES string of the molecule is CC(=O)Nc1cccc(C(O)CN(C)Cc2ccccc2)c1. The second kappa shape index (κ2) is 7.73. The molecule has 0 radical (unpaired) electrons. The van der Waals surface area contributed by atoms with Gasteiger partial charge in [0.2, 0.25) is 5.91 Å². The van der Waals surface area contributed by atoms with E-state index < -0.39 is 6.10 Å². The molecule has 1 atom stereocenters. The van der Waals surface area contributed by atoms with Crippen molar-refractivity contribution < 1.29 is 9.90 Å². The largest absolute Gasteiger partial charge is 0.387 e. The summed E-state index contributed by atoms with van der Waals surface area (Å²) in [5.41, 5.74) is 2.71. The van der Waals surface area contributed by atoms with Gasteiger partial charge in [0.05, 0.1) is 6.10 Å². The van der Waals surface area contributed by atoms with Gasteiger partial charge in [-0.2, -0.15) is 0 Å². The summed E-state index contributed by atoms with van der Waals surface area (Å²) >= 11 is 0. The topological polar surface area (TPSA) is 52.6 Å². The zero-order valence-electron chi connectivity index (χ0n) is 13.0. The molecule has 1 amide bonds. The standard InChI is InChI=1S/C18H22N2O2/c1-14(21)19-17-10-6-9-16(11-17)18(22)13-20(2)12-15-7-4-3-5-8-15/h3-11,18,22H,12-13H2,1-2H3,(H,19,21). The van der Waals surface area contributed by atoms with E-state index in [1.807, 2.05) is 49.5 Å². The van der Waals surface area contributed by atoms with Gasteiger partial charge in [0.1, 0.15) is 0 Å². The molecule has 2 aromatic rings. The Morgan fingerprint density at radius 1 is 1.18 bits per heavy atom. The molecule has 22 heavy (non-hydrogen) atoms. The number of amides is 1. The molecule has 0 aliphatic heterocycles. The molecule has 2 N–H and O–H groups in total. The summed E-state index contributed by atoms with van der Waals surface area (Å²) in [5, 5.41) is 13.1. The van der Waals surface area contributed by atoms with Crippen molar-refractivity contribution in [1.82, 2.24) is 4.90 Å². The number of carbonyl (C=O) groups excluding carboxylic acids is 1. The van der Waals surface area contributed by atoms with Crippen molar-refractivity contribution in [2.45, 2.75) is 19.6 Å². The first-order valence-corrected chi connectivity index (χ1v) is 7.32. The molecule has 0 saturated carbocycles. The predicted molar refractivity (Wildman–Crippen MR) is 88.5 cm³/mol. The highest BCUT2D eigenvalue weighted by Crippen LogP contribution is 2.19. The van der Waals surface area contributed by atoms with Crippen molar-refractivity contribution in [3.8, 4) is 0 Å². The number of nitrogens with one attached hydrogen (secondary N) is 1. The zero-order chi connectivity index (χ0) is 15.9. The summed E-state index contributed by atoms with van der Waals surface area (Å²) in [5.74, 6) is -0.118. The lowest BCUT2D eigenvalue weighted by molar-refractivity contribution is -0.114. The summed E-state index contributed by atoms with van der Waals surface area (Å²) in [7, 11) is 1.98. The minimum Gasteiger partial charge on any atom is -0.387 e. The minimum absolute atomic E-state index is 0.118. The second-order valence-corrected chi connectivity index (χ2v) is 5.50. The number of likely N-dealkylation sites (N-methyl/N-ethyl adjacent to an activating group) is 1. The molecule has 0 bridgehead atoms. The van der Waals surface area contributed by atoms with Crippen LogP contribution in [0.1, 0.15) is 24.2 Å². The predicted octanol–water partition coefficient (Wildman–Crippen LogP) is 2.81. The molecule has 1 unspecified atom stereocenters. The van der Waals surface area contributed by atoms with Crippen molar-refractivity contribution in [1.29, 1.82) is 0 Å². The van der Waals surface area contributed by atoms with Crippen LogP contribution < -0.4 is 5.32 Å². The molecule has 0 aliphatic rings. The van der Waals surface area contributed by atoms with Gasteiger partial charge in [-0.3, -0.25) is 9.69 Å². The maximum Gasteiger partial charge on any atom is 0.221 e. The van der Waals surface area contributed by atoms with Gasteiger partial charge in [0, 0.05) is 25.7 Å². The summed E-state index contributed by atoms with van der Waals surface area (Å²) in [6.07, 6.45) is -0.595. The molecule has 2 aromatic carbocycles. The first-order valence-electron chi connectivity index (χ1n) is 7.32. The van der Waals surface area contributed by atoms with Gasteiger partial charge in [0.25, 0.3) is 0 Å². The van der Waals surface area contributed by atoms with Crippen LogP contribution in [0.4, 0.5) is 5.69 Å². The van der Waals surface area contributed by atoms with Crippen molar-refractivity contribution >= 4 is 11.6 Å². The van der Waals surface area contributed by atoms with Crippen LogP contribution in [-0.2, 0) is 11.3 Å². The molecule has 0 aliphatic carbocycles. The molecular formula is C18H22N2O2. The average Bonchev–Trinajstić information content (AvgIpc) is 2.47. The number of aliphatic hydroxyl groups is 1. The fraction of sp³-hybridized carbons (Fsp3) is 0.278. The van der Waals surface area contributed by atoms with Crippen LogP contribution in [0.3, 0.4) is 0 Å². The molecule has 2 rings (SSSR count). The van der Waals surface area contributed by atoms with Crippen molar-refractivity contribution in [2.75, 3.05) is 18.9 Å². The quantitative estimate of drug-likeness (QED) is 0.862. The normalized spacial score (nSPS) is 12.2. The van der Waals surface area contributed by atoms with Gasteiger partial charge in [-0.25, -0.2) is 0 Å². The Hall–Kier alpha value is -2.17. The number of hydrogen-bond donors (Lipinski definition) is 2. The van der Waals surface area contributed by atoms with Crippen LogP contribution in [-0.4, -0.2) is 29.5 Å². The molecular weight excluding hydrogens is 276 g/mol. The van der Waals surface area contributed by atoms with Gasteiger partial charge in [-0.1, -0.05) is 42.5 Å². The lowest BCUT2D eigenvalue weighted by Crippen LogP contribution is -2.24. The third-order valence-corrected chi connectivity index (χ3v) is 3.37. The summed E-state index contributed by atoms with van der Waals surface area (Å²) in [6, 6.07) is 17.5. The maximum absolute atomic E-state index is 11.1. The number of benzene rings is 2. The third kappa shape index (κ3) is 4.98. The Morgan fingerprint density at radius 2 is 1.91 bits per heavy atom. The van der Waals surface area contributed by atoms with E-state index >= 15 is 0 Å². The molecule has 0 heterocycles. The molecule has 0 saturated heterocycles. The van der Waals surface area contributed by atoms with E-state index in [9.17, 15) is 9.90 Å². The third-order valence-electron chi connectivity index (χ3n) is 3.37. The van der Waals surface area contributed by atoms with Crippen molar-refractivity contribution in [2.24, 2.45) is 0 Å². The summed E-state index contributed by atoms with van der Waals surface area (Å²) in [6.45, 7) is 2.78. The zero-order valence-corrected chi connectivity index (χ0v) is 13.0. The Kier molecular flexibility index (Phi) is 5.69. The van der Waals surface area contributed by atoms with Gasteiger partial charge in [-0.05, 0) is 30.3 Å². The molecule has 0 fully saturated rings. The van der Waals surface area contributed by atoms with Crippen LogP contribution in [0.25, 0.3) is 0 Å². The number of carbonyl (C=O) groups is 1. The van der Waals surface area contributed by atoms with E-state index in [0.717, 1.165) is 12.1 Å². The minimum atomic E-state index is -0.595. The Labute approximate surface area is 131 Å². The van der Waals surface area contributed by atoms with E-state index in [0.29, 0.717) is 12.2 Å². The highest BCUT2D eigenvalue weighted by Gasteiger charge is 2.11. The van der Waals surface area contributed by atoms with Gasteiger partial charge in [0.15, 0.2) is 0 Å². The van der Waals surface area contributed by atoms with Crippen molar-refractivity contribution in [3.05, 3.63) is 65.7 Å². The van der Waals surface area contributed by atoms with Crippen LogP contribution in [0, 0.1) is 0 Å². The molecule has 4 heteroatoms. The van der Waals surface area contributed by atoms with Crippen molar-refractivity contribution in [3.63, 3.8) is 0 Å². The Morgan fingerprint density at radius 3 is 2.59 bits per heavy atom. The average molecular weight is 298 g/mol. The summed E-state index contributed by atoms with van der Waals surface area (Å²) in [4.78, 5) is 13.2. The Bertz CT molecular complexity index is 613. The lowest BCUT2D eigenvalue weighted by Gasteiger charge is -2.21. The number of hydrogen-bond acceptors (Lipinski definition) is 3. The van der Waals surface area contributed by atoms with Crippen LogP contribution in [0.15, 0.2) is 54.6 Å². The van der Waals surface area contributed by atoms with Gasteiger partial charge < -0.3 is 10.4 Å². The second-order valence-electron chi connectivity index (χ2n) is 5.50. The van der Waals surface area contributed by atoms with Gasteiger partial charge >= 0.3 is 0 Å². The van der Waals surface area contributed by atoms with E-state index in [-0.39, 0.29) is 5.91 Å². The first kappa shape index (κ1) is 16.2. The van der Waals surface area contributed by atoms with Gasteiger partial charge in [-0.15, -0.1) is 0 Å². The first-order chi connectivity index (χ1) is 10.5. The number of aliphatic hydroxyl groups excluding tert-OH is 1. The number of nitrogens with zero attached hydrogens (tertiary/aromatic N) is 1. The smallest absolute Gasteiger partial charge is 0.221 e. The number of anilines is 1. The highest BCUT2D eigenvalue weighted by molar-refractivity contribution is 5.88. The highest BCUT2D eigenvalue weighted by atomic mass is 16.3. The summed E-state index contributed by atoms with van der Waals surface area (Å²) < 4.78 is 0. The fourth-order valence-electron chi connectivity index (χ4n) is 2.39. The van der Waals surface area contributed by atoms with Crippen LogP contribution in [0.2, 0.25) is 0 Å². The maximum atomic E-state index is 11.1. The molecule has 0 aromatic heterocycles. The van der Waals surface area contributed by atoms with E-state index in [2.05, 4.69) is 22.3 Å². The van der Waals surface area contributed by atoms with E-state index in [4.69, 9.17) is 0 Å². The molecule has 116 valence electrons. The van der Waals surface area contributed by atoms with Crippen LogP contribution >= 0.6 is 0 Å². The van der Waals surface area contributed by atoms with E-state index in [1.165, 1.54) is 12.5 Å². The Balaban J connectivity index is 1.96. The molecule has 0 spiro atoms. The van der Waals surface area contributed by atoms with E-state index in [1.54, 1.807) is 0 Å². The molecule has 4 nitrogen and oxygen atoms in total. The monoisotopic (exact) mass is 298 g/mol.